The highest BCUT2D eigenvalue weighted by Crippen LogP contribution is 2.13. The van der Waals surface area contributed by atoms with Gasteiger partial charge >= 0.3 is 5.97 Å². The minimum absolute atomic E-state index is 0.00248. The van der Waals surface area contributed by atoms with Crippen molar-refractivity contribution in [3.63, 3.8) is 0 Å². The number of carboxylic acids is 1. The molecular formula is C27H46N6O6. The largest absolute Gasteiger partial charge is 0.508 e. The summed E-state index contributed by atoms with van der Waals surface area (Å²) in [5, 5.41) is 27.1. The smallest absolute Gasteiger partial charge is 0.326 e. The average molecular weight is 551 g/mol. The third-order valence-corrected chi connectivity index (χ3v) is 6.22. The minimum Gasteiger partial charge on any atom is -0.508 e. The zero-order valence-electron chi connectivity index (χ0n) is 23.0. The highest BCUT2D eigenvalue weighted by Gasteiger charge is 2.30. The number of hydrogen-bond acceptors (Lipinski definition) is 8. The van der Waals surface area contributed by atoms with E-state index in [0.29, 0.717) is 50.8 Å². The highest BCUT2D eigenvalue weighted by molar-refractivity contribution is 5.94. The van der Waals surface area contributed by atoms with E-state index in [0.717, 1.165) is 0 Å². The first-order chi connectivity index (χ1) is 18.5. The Balaban J connectivity index is 3.07. The third kappa shape index (κ3) is 13.4. The van der Waals surface area contributed by atoms with E-state index in [9.17, 15) is 29.4 Å². The van der Waals surface area contributed by atoms with Crippen LogP contribution in [0.4, 0.5) is 0 Å². The first kappa shape index (κ1) is 33.8. The molecule has 4 atom stereocenters. The second kappa shape index (κ2) is 18.1. The van der Waals surface area contributed by atoms with Gasteiger partial charge in [0.2, 0.25) is 17.7 Å². The molecule has 3 amide bonds. The number of nitrogens with one attached hydrogen (secondary N) is 3. The van der Waals surface area contributed by atoms with Gasteiger partial charge in [0.1, 0.15) is 23.9 Å². The van der Waals surface area contributed by atoms with Crippen LogP contribution in [0.2, 0.25) is 0 Å². The molecule has 0 spiro atoms. The number of amides is 3. The van der Waals surface area contributed by atoms with Crippen LogP contribution < -0.4 is 33.2 Å². The second-order valence-electron chi connectivity index (χ2n) is 10.2. The molecule has 0 aliphatic rings. The van der Waals surface area contributed by atoms with Crippen molar-refractivity contribution in [1.82, 2.24) is 16.0 Å². The Morgan fingerprint density at radius 3 is 1.82 bits per heavy atom. The molecule has 1 aromatic rings. The molecule has 0 saturated carbocycles. The number of aromatic hydroxyl groups is 1. The Hall–Kier alpha value is -3.22. The van der Waals surface area contributed by atoms with Crippen molar-refractivity contribution in [2.24, 2.45) is 23.1 Å². The van der Waals surface area contributed by atoms with Gasteiger partial charge in [-0.25, -0.2) is 4.79 Å². The van der Waals surface area contributed by atoms with Crippen molar-refractivity contribution in [3.8, 4) is 5.75 Å². The maximum absolute atomic E-state index is 13.4. The predicted molar refractivity (Wildman–Crippen MR) is 148 cm³/mol. The van der Waals surface area contributed by atoms with Crippen LogP contribution in [-0.2, 0) is 25.6 Å². The molecule has 0 aliphatic heterocycles. The van der Waals surface area contributed by atoms with E-state index < -0.39 is 47.9 Å². The quantitative estimate of drug-likeness (QED) is 0.109. The van der Waals surface area contributed by atoms with E-state index in [1.807, 2.05) is 13.8 Å². The van der Waals surface area contributed by atoms with Crippen LogP contribution in [0.25, 0.3) is 0 Å². The molecule has 11 N–H and O–H groups in total. The summed E-state index contributed by atoms with van der Waals surface area (Å²) in [6.07, 6.45) is 3.48. The number of carbonyl (C=O) groups is 4. The maximum atomic E-state index is 13.4. The Morgan fingerprint density at radius 1 is 0.769 bits per heavy atom. The van der Waals surface area contributed by atoms with Gasteiger partial charge in [-0.3, -0.25) is 14.4 Å². The summed E-state index contributed by atoms with van der Waals surface area (Å²) in [5.41, 5.74) is 17.7. The maximum Gasteiger partial charge on any atom is 0.326 e. The molecule has 1 rings (SSSR count). The van der Waals surface area contributed by atoms with Crippen molar-refractivity contribution in [2.45, 2.75) is 89.4 Å². The molecule has 0 fully saturated rings. The fourth-order valence-electron chi connectivity index (χ4n) is 3.99. The summed E-state index contributed by atoms with van der Waals surface area (Å²) < 4.78 is 0. The lowest BCUT2D eigenvalue weighted by atomic mass is 10.00. The predicted octanol–water partition coefficient (Wildman–Crippen LogP) is 0.105. The van der Waals surface area contributed by atoms with E-state index >= 15 is 0 Å². The fraction of sp³-hybridized carbons (Fsp3) is 0.630. The first-order valence-corrected chi connectivity index (χ1v) is 13.6. The molecule has 0 heterocycles. The van der Waals surface area contributed by atoms with Crippen molar-refractivity contribution in [3.05, 3.63) is 29.8 Å². The average Bonchev–Trinajstić information content (AvgIpc) is 2.88. The molecule has 1 aromatic carbocycles. The van der Waals surface area contributed by atoms with Gasteiger partial charge in [-0.15, -0.1) is 0 Å². The Morgan fingerprint density at radius 2 is 1.28 bits per heavy atom. The molecule has 39 heavy (non-hydrogen) atoms. The third-order valence-electron chi connectivity index (χ3n) is 6.22. The monoisotopic (exact) mass is 550 g/mol. The van der Waals surface area contributed by atoms with Gasteiger partial charge in [-0.05, 0) is 75.2 Å². The molecule has 0 bridgehead atoms. The zero-order chi connectivity index (χ0) is 29.4. The number of nitrogens with two attached hydrogens (primary N) is 3. The van der Waals surface area contributed by atoms with Crippen LogP contribution in [-0.4, -0.2) is 71.2 Å². The normalized spacial score (nSPS) is 14.2. The molecule has 0 saturated heterocycles. The van der Waals surface area contributed by atoms with E-state index in [4.69, 9.17) is 17.2 Å². The van der Waals surface area contributed by atoms with Crippen LogP contribution in [0.3, 0.4) is 0 Å². The van der Waals surface area contributed by atoms with Gasteiger partial charge in [0.05, 0.1) is 6.04 Å². The van der Waals surface area contributed by atoms with Gasteiger partial charge < -0.3 is 43.4 Å². The summed E-state index contributed by atoms with van der Waals surface area (Å²) >= 11 is 0. The van der Waals surface area contributed by atoms with Crippen molar-refractivity contribution in [1.29, 1.82) is 0 Å². The molecule has 0 radical (unpaired) electrons. The molecule has 220 valence electrons. The van der Waals surface area contributed by atoms with Gasteiger partial charge in [0.25, 0.3) is 0 Å². The lowest BCUT2D eigenvalue weighted by molar-refractivity contribution is -0.142. The van der Waals surface area contributed by atoms with Gasteiger partial charge in [-0.1, -0.05) is 32.4 Å². The standard InChI is InChI=1S/C27H46N6O6/c1-17(2)15-22(25(36)31-21(27(38)39)8-4-6-14-29)33-26(37)23(16-18-9-11-19(34)12-10-18)32-24(35)20(30)7-3-5-13-28/h9-12,17,20-23,34H,3-8,13-16,28-30H2,1-2H3,(H,31,36)(H,32,35)(H,33,37)(H,38,39). The number of hydrogen-bond donors (Lipinski definition) is 8. The number of phenols is 1. The first-order valence-electron chi connectivity index (χ1n) is 13.6. The van der Waals surface area contributed by atoms with Crippen molar-refractivity contribution in [2.75, 3.05) is 13.1 Å². The number of unbranched alkanes of at least 4 members (excludes halogenated alkanes) is 2. The number of carbonyl (C=O) groups excluding carboxylic acids is 3. The van der Waals surface area contributed by atoms with Crippen LogP contribution in [0.15, 0.2) is 24.3 Å². The number of carboxylic acid groups (broad SMARTS) is 1. The van der Waals surface area contributed by atoms with Gasteiger partial charge in [-0.2, -0.15) is 0 Å². The molecule has 0 aromatic heterocycles. The summed E-state index contributed by atoms with van der Waals surface area (Å²) in [5.74, 6) is -2.86. The number of benzene rings is 1. The van der Waals surface area contributed by atoms with E-state index in [2.05, 4.69) is 16.0 Å². The van der Waals surface area contributed by atoms with Crippen LogP contribution >= 0.6 is 0 Å². The van der Waals surface area contributed by atoms with Crippen LogP contribution in [0.1, 0.15) is 64.4 Å². The zero-order valence-corrected chi connectivity index (χ0v) is 23.0. The molecular weight excluding hydrogens is 504 g/mol. The lowest BCUT2D eigenvalue weighted by Crippen LogP contribution is -2.57. The Bertz CT molecular complexity index is 911. The van der Waals surface area contributed by atoms with E-state index in [-0.39, 0.29) is 30.9 Å². The minimum atomic E-state index is -1.17. The summed E-state index contributed by atoms with van der Waals surface area (Å²) in [4.78, 5) is 51.0. The molecule has 12 heteroatoms. The van der Waals surface area contributed by atoms with E-state index in [1.165, 1.54) is 12.1 Å². The second-order valence-corrected chi connectivity index (χ2v) is 10.2. The number of aliphatic carboxylic acids is 1. The summed E-state index contributed by atoms with van der Waals surface area (Å²) in [7, 11) is 0. The molecule has 12 nitrogen and oxygen atoms in total. The SMILES string of the molecule is CC(C)CC(NC(=O)C(Cc1ccc(O)cc1)NC(=O)C(N)CCCCN)C(=O)NC(CCCCN)C(=O)O. The van der Waals surface area contributed by atoms with Crippen molar-refractivity contribution >= 4 is 23.7 Å². The summed E-state index contributed by atoms with van der Waals surface area (Å²) in [6.45, 7) is 4.64. The highest BCUT2D eigenvalue weighted by atomic mass is 16.4. The summed E-state index contributed by atoms with van der Waals surface area (Å²) in [6, 6.07) is 2.14. The fourth-order valence-corrected chi connectivity index (χ4v) is 3.99. The van der Waals surface area contributed by atoms with Crippen LogP contribution in [0.5, 0.6) is 5.75 Å². The Labute approximate surface area is 230 Å². The van der Waals surface area contributed by atoms with Gasteiger partial charge in [0.15, 0.2) is 0 Å². The molecule has 0 aliphatic carbocycles. The van der Waals surface area contributed by atoms with Crippen molar-refractivity contribution < 1.29 is 29.4 Å². The number of rotatable bonds is 19. The molecule has 4 unspecified atom stereocenters. The van der Waals surface area contributed by atoms with Gasteiger partial charge in [0, 0.05) is 6.42 Å². The van der Waals surface area contributed by atoms with Crippen LogP contribution in [0, 0.1) is 5.92 Å². The number of phenolic OH excluding ortho intramolecular Hbond substituents is 1. The lowest BCUT2D eigenvalue weighted by Gasteiger charge is -2.26. The van der Waals surface area contributed by atoms with E-state index in [1.54, 1.807) is 12.1 Å². The topological polar surface area (TPSA) is 223 Å². The Kier molecular flexibility index (Phi) is 15.7.